The maximum absolute atomic E-state index is 10.8. The van der Waals surface area contributed by atoms with E-state index in [9.17, 15) is 4.79 Å². The minimum atomic E-state index is -0.166. The summed E-state index contributed by atoms with van der Waals surface area (Å²) in [5, 5.41) is 1.67. The van der Waals surface area contributed by atoms with Crippen molar-refractivity contribution in [2.24, 2.45) is 0 Å². The van der Waals surface area contributed by atoms with Crippen molar-refractivity contribution in [1.82, 2.24) is 5.06 Å². The van der Waals surface area contributed by atoms with E-state index in [0.717, 1.165) is 6.54 Å². The monoisotopic (exact) mass is 159 g/mol. The van der Waals surface area contributed by atoms with E-state index in [1.807, 2.05) is 20.8 Å². The maximum Gasteiger partial charge on any atom is 0.324 e. The summed E-state index contributed by atoms with van der Waals surface area (Å²) in [7, 11) is 0. The smallest absolute Gasteiger partial charge is 0.324 e. The lowest BCUT2D eigenvalue weighted by Crippen LogP contribution is -2.33. The van der Waals surface area contributed by atoms with Crippen LogP contribution in [0.1, 0.15) is 34.1 Å². The van der Waals surface area contributed by atoms with E-state index in [0.29, 0.717) is 6.42 Å². The van der Waals surface area contributed by atoms with Gasteiger partial charge in [-0.1, -0.05) is 6.92 Å². The first kappa shape index (κ1) is 10.4. The predicted molar refractivity (Wildman–Crippen MR) is 43.9 cm³/mol. The van der Waals surface area contributed by atoms with E-state index in [1.165, 1.54) is 0 Å². The van der Waals surface area contributed by atoms with Crippen LogP contribution in [0.4, 0.5) is 0 Å². The molecule has 0 amide bonds. The molecule has 0 unspecified atom stereocenters. The molecule has 0 fully saturated rings. The van der Waals surface area contributed by atoms with Gasteiger partial charge in [0, 0.05) is 19.0 Å². The van der Waals surface area contributed by atoms with Gasteiger partial charge in [0.25, 0.3) is 0 Å². The molecule has 0 atom stereocenters. The zero-order valence-corrected chi connectivity index (χ0v) is 7.76. The molecule has 0 saturated heterocycles. The standard InChI is InChI=1S/C8H17NO2/c1-5-8(10)11-9(6-2)7(3)4/h7H,5-6H2,1-4H3. The van der Waals surface area contributed by atoms with Crippen molar-refractivity contribution in [2.75, 3.05) is 6.54 Å². The van der Waals surface area contributed by atoms with Crippen molar-refractivity contribution < 1.29 is 9.63 Å². The molecule has 3 nitrogen and oxygen atoms in total. The van der Waals surface area contributed by atoms with E-state index in [2.05, 4.69) is 0 Å². The van der Waals surface area contributed by atoms with E-state index in [1.54, 1.807) is 12.0 Å². The minimum Gasteiger partial charge on any atom is -0.368 e. The molecule has 11 heavy (non-hydrogen) atoms. The number of hydrogen-bond acceptors (Lipinski definition) is 3. The first-order valence-electron chi connectivity index (χ1n) is 4.09. The first-order chi connectivity index (χ1) is 5.11. The van der Waals surface area contributed by atoms with Crippen molar-refractivity contribution in [3.63, 3.8) is 0 Å². The largest absolute Gasteiger partial charge is 0.368 e. The van der Waals surface area contributed by atoms with Gasteiger partial charge in [0.1, 0.15) is 0 Å². The average molecular weight is 159 g/mol. The summed E-state index contributed by atoms with van der Waals surface area (Å²) in [5.41, 5.74) is 0. The van der Waals surface area contributed by atoms with Crippen molar-refractivity contribution >= 4 is 5.97 Å². The van der Waals surface area contributed by atoms with Crippen LogP contribution >= 0.6 is 0 Å². The third-order valence-corrected chi connectivity index (χ3v) is 1.40. The van der Waals surface area contributed by atoms with E-state index >= 15 is 0 Å². The van der Waals surface area contributed by atoms with Crippen LogP contribution in [0.2, 0.25) is 0 Å². The molecule has 0 bridgehead atoms. The minimum absolute atomic E-state index is 0.166. The molecule has 0 rings (SSSR count). The molecule has 0 radical (unpaired) electrons. The van der Waals surface area contributed by atoms with Crippen LogP contribution in [0.15, 0.2) is 0 Å². The molecule has 0 aromatic rings. The molecule has 0 aromatic carbocycles. The van der Waals surface area contributed by atoms with Crippen molar-refractivity contribution in [3.8, 4) is 0 Å². The van der Waals surface area contributed by atoms with Crippen LogP contribution in [-0.2, 0) is 9.63 Å². The number of carbonyl (C=O) groups excluding carboxylic acids is 1. The highest BCUT2D eigenvalue weighted by atomic mass is 16.7. The Bertz CT molecular complexity index is 123. The molecule has 0 aliphatic rings. The Morgan fingerprint density at radius 3 is 2.27 bits per heavy atom. The maximum atomic E-state index is 10.8. The lowest BCUT2D eigenvalue weighted by Gasteiger charge is -2.22. The van der Waals surface area contributed by atoms with Gasteiger partial charge in [-0.2, -0.15) is 0 Å². The van der Waals surface area contributed by atoms with Crippen LogP contribution in [0, 0.1) is 0 Å². The summed E-state index contributed by atoms with van der Waals surface area (Å²) in [6, 6.07) is 0.260. The fourth-order valence-corrected chi connectivity index (χ4v) is 0.730. The summed E-state index contributed by atoms with van der Waals surface area (Å²) in [5.74, 6) is -0.166. The Hall–Kier alpha value is -0.570. The third kappa shape index (κ3) is 3.98. The second-order valence-corrected chi connectivity index (χ2v) is 2.64. The summed E-state index contributed by atoms with van der Waals surface area (Å²) >= 11 is 0. The summed E-state index contributed by atoms with van der Waals surface area (Å²) in [6.45, 7) is 8.47. The van der Waals surface area contributed by atoms with E-state index < -0.39 is 0 Å². The normalized spacial score (nSPS) is 10.7. The lowest BCUT2D eigenvalue weighted by molar-refractivity contribution is -0.197. The van der Waals surface area contributed by atoms with Crippen LogP contribution in [0.3, 0.4) is 0 Å². The van der Waals surface area contributed by atoms with Gasteiger partial charge in [-0.25, -0.2) is 0 Å². The number of nitrogens with zero attached hydrogens (tertiary/aromatic N) is 1. The molecular weight excluding hydrogens is 142 g/mol. The molecule has 0 spiro atoms. The van der Waals surface area contributed by atoms with Gasteiger partial charge in [0.2, 0.25) is 0 Å². The van der Waals surface area contributed by atoms with Crippen LogP contribution in [0.5, 0.6) is 0 Å². The highest BCUT2D eigenvalue weighted by Crippen LogP contribution is 1.99. The molecule has 66 valence electrons. The van der Waals surface area contributed by atoms with Gasteiger partial charge >= 0.3 is 5.97 Å². The molecular formula is C8H17NO2. The Labute approximate surface area is 68.3 Å². The Kier molecular flexibility index (Phi) is 4.86. The van der Waals surface area contributed by atoms with Gasteiger partial charge in [0.15, 0.2) is 0 Å². The molecule has 0 aliphatic heterocycles. The van der Waals surface area contributed by atoms with Crippen molar-refractivity contribution in [1.29, 1.82) is 0 Å². The number of hydrogen-bond donors (Lipinski definition) is 0. The van der Waals surface area contributed by atoms with Crippen LogP contribution < -0.4 is 0 Å². The van der Waals surface area contributed by atoms with Crippen molar-refractivity contribution in [3.05, 3.63) is 0 Å². The zero-order valence-electron chi connectivity index (χ0n) is 7.76. The molecule has 0 heterocycles. The summed E-state index contributed by atoms with van der Waals surface area (Å²) in [6.07, 6.45) is 0.434. The highest BCUT2D eigenvalue weighted by Gasteiger charge is 2.10. The third-order valence-electron chi connectivity index (χ3n) is 1.40. The van der Waals surface area contributed by atoms with Gasteiger partial charge in [0.05, 0.1) is 0 Å². The van der Waals surface area contributed by atoms with Gasteiger partial charge in [-0.3, -0.25) is 4.79 Å². The quantitative estimate of drug-likeness (QED) is 0.583. The number of hydroxylamine groups is 2. The second kappa shape index (κ2) is 5.13. The molecule has 0 aliphatic carbocycles. The highest BCUT2D eigenvalue weighted by molar-refractivity contribution is 5.68. The average Bonchev–Trinajstić information content (AvgIpc) is 1.99. The number of carbonyl (C=O) groups is 1. The summed E-state index contributed by atoms with van der Waals surface area (Å²) in [4.78, 5) is 15.8. The Morgan fingerprint density at radius 1 is 1.45 bits per heavy atom. The number of rotatable bonds is 4. The van der Waals surface area contributed by atoms with E-state index in [-0.39, 0.29) is 12.0 Å². The van der Waals surface area contributed by atoms with Crippen LogP contribution in [-0.4, -0.2) is 23.6 Å². The Balaban J connectivity index is 3.78. The van der Waals surface area contributed by atoms with Crippen molar-refractivity contribution in [2.45, 2.75) is 40.2 Å². The molecule has 0 aromatic heterocycles. The SMILES string of the molecule is CCC(=O)ON(CC)C(C)C. The first-order valence-corrected chi connectivity index (χ1v) is 4.09. The van der Waals surface area contributed by atoms with Crippen LogP contribution in [0.25, 0.3) is 0 Å². The van der Waals surface area contributed by atoms with E-state index in [4.69, 9.17) is 4.84 Å². The fraction of sp³-hybridized carbons (Fsp3) is 0.875. The lowest BCUT2D eigenvalue weighted by atomic mass is 10.4. The summed E-state index contributed by atoms with van der Waals surface area (Å²) < 4.78 is 0. The van der Waals surface area contributed by atoms with Gasteiger partial charge in [-0.15, -0.1) is 5.06 Å². The van der Waals surface area contributed by atoms with Gasteiger partial charge in [-0.05, 0) is 20.8 Å². The molecule has 0 N–H and O–H groups in total. The molecule has 0 saturated carbocycles. The van der Waals surface area contributed by atoms with Gasteiger partial charge < -0.3 is 4.84 Å². The second-order valence-electron chi connectivity index (χ2n) is 2.64. The zero-order chi connectivity index (χ0) is 8.85. The topological polar surface area (TPSA) is 29.5 Å². The predicted octanol–water partition coefficient (Wildman–Crippen LogP) is 1.58. The molecule has 3 heteroatoms. The fourth-order valence-electron chi connectivity index (χ4n) is 0.730. The Morgan fingerprint density at radius 2 is 2.00 bits per heavy atom.